The Balaban J connectivity index is 2.44. The van der Waals surface area contributed by atoms with E-state index in [-0.39, 0.29) is 5.91 Å². The Morgan fingerprint density at radius 3 is 2.75 bits per heavy atom. The number of benzene rings is 1. The van der Waals surface area contributed by atoms with E-state index in [2.05, 4.69) is 29.4 Å². The first-order valence-corrected chi connectivity index (χ1v) is 5.41. The quantitative estimate of drug-likeness (QED) is 0.446. The van der Waals surface area contributed by atoms with Crippen molar-refractivity contribution in [2.45, 2.75) is 19.8 Å². The van der Waals surface area contributed by atoms with Crippen LogP contribution in [-0.4, -0.2) is 19.5 Å². The third kappa shape index (κ3) is 3.55. The number of hydrogen-bond acceptors (Lipinski definition) is 3. The molecule has 0 unspecified atom stereocenters. The second-order valence-corrected chi connectivity index (χ2v) is 3.88. The topological polar surface area (TPSA) is 58.4 Å². The van der Waals surface area contributed by atoms with E-state index in [1.807, 2.05) is 19.2 Å². The smallest absolute Gasteiger partial charge is 0.233 e. The lowest BCUT2D eigenvalue weighted by Gasteiger charge is -2.21. The number of amides is 1. The summed E-state index contributed by atoms with van der Waals surface area (Å²) >= 11 is 0. The highest BCUT2D eigenvalue weighted by atomic mass is 16.2. The molecular weight excluding hydrogens is 202 g/mol. The third-order valence-corrected chi connectivity index (χ3v) is 2.59. The number of hydrogen-bond donors (Lipinski definition) is 2. The molecule has 0 radical (unpaired) electrons. The van der Waals surface area contributed by atoms with E-state index in [1.54, 1.807) is 0 Å². The normalized spacial score (nSPS) is 9.94. The summed E-state index contributed by atoms with van der Waals surface area (Å²) in [6, 6.07) is 8.21. The minimum absolute atomic E-state index is 0.113. The Morgan fingerprint density at radius 1 is 1.44 bits per heavy atom. The number of nitrogens with two attached hydrogens (primary N) is 1. The second kappa shape index (κ2) is 6.12. The fraction of sp³-hybridized carbons (Fsp3) is 0.417. The fourth-order valence-corrected chi connectivity index (χ4v) is 1.66. The molecule has 0 fully saturated rings. The fourth-order valence-electron chi connectivity index (χ4n) is 1.66. The van der Waals surface area contributed by atoms with Crippen LogP contribution >= 0.6 is 0 Å². The lowest BCUT2D eigenvalue weighted by molar-refractivity contribution is -0.121. The van der Waals surface area contributed by atoms with Gasteiger partial charge >= 0.3 is 0 Å². The lowest BCUT2D eigenvalue weighted by Crippen LogP contribution is -2.30. The van der Waals surface area contributed by atoms with Crippen LogP contribution in [0.1, 0.15) is 18.4 Å². The van der Waals surface area contributed by atoms with E-state index < -0.39 is 0 Å². The zero-order chi connectivity index (χ0) is 12.0. The molecule has 0 aliphatic rings. The molecule has 0 aliphatic carbocycles. The maximum atomic E-state index is 10.9. The highest BCUT2D eigenvalue weighted by molar-refractivity contribution is 5.75. The summed E-state index contributed by atoms with van der Waals surface area (Å²) in [4.78, 5) is 13.1. The average molecular weight is 221 g/mol. The number of nitrogens with one attached hydrogen (secondary N) is 1. The number of nitrogens with zero attached hydrogens (tertiary/aromatic N) is 1. The molecule has 1 amide bonds. The van der Waals surface area contributed by atoms with Gasteiger partial charge in [0.1, 0.15) is 0 Å². The van der Waals surface area contributed by atoms with Gasteiger partial charge in [0.15, 0.2) is 0 Å². The molecule has 0 spiro atoms. The minimum atomic E-state index is -0.113. The molecule has 88 valence electrons. The molecule has 0 saturated carbocycles. The van der Waals surface area contributed by atoms with Gasteiger partial charge in [0.2, 0.25) is 5.91 Å². The Kier molecular flexibility index (Phi) is 4.79. The van der Waals surface area contributed by atoms with Crippen LogP contribution in [0.5, 0.6) is 0 Å². The number of aryl methyl sites for hydroxylation is 1. The van der Waals surface area contributed by atoms with Crippen LogP contribution in [0.2, 0.25) is 0 Å². The lowest BCUT2D eigenvalue weighted by atomic mass is 10.2. The molecule has 1 aromatic rings. The van der Waals surface area contributed by atoms with Crippen molar-refractivity contribution in [2.75, 3.05) is 18.5 Å². The molecule has 4 heteroatoms. The van der Waals surface area contributed by atoms with Crippen LogP contribution in [-0.2, 0) is 4.79 Å². The van der Waals surface area contributed by atoms with Gasteiger partial charge in [-0.1, -0.05) is 18.2 Å². The third-order valence-electron chi connectivity index (χ3n) is 2.59. The predicted octanol–water partition coefficient (Wildman–Crippen LogP) is 1.20. The number of carbonyl (C=O) groups is 1. The number of anilines is 1. The van der Waals surface area contributed by atoms with Crippen LogP contribution in [0, 0.1) is 6.92 Å². The van der Waals surface area contributed by atoms with E-state index in [4.69, 9.17) is 5.84 Å². The Bertz CT molecular complexity index is 352. The summed E-state index contributed by atoms with van der Waals surface area (Å²) in [5.74, 6) is 4.90. The van der Waals surface area contributed by atoms with Gasteiger partial charge in [-0.15, -0.1) is 0 Å². The first kappa shape index (κ1) is 12.5. The SMILES string of the molecule is Cc1ccccc1N(C)CCCC(=O)NN. The number of carbonyl (C=O) groups excluding carboxylic acids is 1. The van der Waals surface area contributed by atoms with E-state index in [9.17, 15) is 4.79 Å². The summed E-state index contributed by atoms with van der Waals surface area (Å²) in [7, 11) is 2.03. The molecule has 0 saturated heterocycles. The summed E-state index contributed by atoms with van der Waals surface area (Å²) in [5.41, 5.74) is 4.58. The largest absolute Gasteiger partial charge is 0.374 e. The summed E-state index contributed by atoms with van der Waals surface area (Å²) in [5, 5.41) is 0. The number of para-hydroxylation sites is 1. The van der Waals surface area contributed by atoms with Crippen molar-refractivity contribution in [2.24, 2.45) is 5.84 Å². The number of hydrazine groups is 1. The predicted molar refractivity (Wildman–Crippen MR) is 66.0 cm³/mol. The van der Waals surface area contributed by atoms with Crippen LogP contribution in [0.3, 0.4) is 0 Å². The van der Waals surface area contributed by atoms with Crippen molar-refractivity contribution in [3.05, 3.63) is 29.8 Å². The van der Waals surface area contributed by atoms with Gasteiger partial charge in [-0.3, -0.25) is 10.2 Å². The van der Waals surface area contributed by atoms with E-state index >= 15 is 0 Å². The summed E-state index contributed by atoms with van der Waals surface area (Å²) in [6.07, 6.45) is 1.26. The van der Waals surface area contributed by atoms with E-state index in [0.29, 0.717) is 6.42 Å². The monoisotopic (exact) mass is 221 g/mol. The second-order valence-electron chi connectivity index (χ2n) is 3.88. The standard InChI is InChI=1S/C12H19N3O/c1-10-6-3-4-7-11(10)15(2)9-5-8-12(16)14-13/h3-4,6-7H,5,8-9,13H2,1-2H3,(H,14,16). The Hall–Kier alpha value is -1.55. The Morgan fingerprint density at radius 2 is 2.12 bits per heavy atom. The molecule has 0 bridgehead atoms. The first-order chi connectivity index (χ1) is 7.65. The van der Waals surface area contributed by atoms with E-state index in [1.165, 1.54) is 11.3 Å². The van der Waals surface area contributed by atoms with E-state index in [0.717, 1.165) is 13.0 Å². The van der Waals surface area contributed by atoms with Crippen molar-refractivity contribution in [3.8, 4) is 0 Å². The van der Waals surface area contributed by atoms with Gasteiger partial charge < -0.3 is 4.90 Å². The molecule has 0 atom stereocenters. The molecule has 0 aromatic heterocycles. The van der Waals surface area contributed by atoms with Crippen LogP contribution in [0.25, 0.3) is 0 Å². The van der Waals surface area contributed by atoms with Crippen LogP contribution in [0.15, 0.2) is 24.3 Å². The molecular formula is C12H19N3O. The minimum Gasteiger partial charge on any atom is -0.374 e. The molecule has 0 heterocycles. The summed E-state index contributed by atoms with van der Waals surface area (Å²) in [6.45, 7) is 2.93. The molecule has 4 nitrogen and oxygen atoms in total. The van der Waals surface area contributed by atoms with Gasteiger partial charge in [-0.05, 0) is 25.0 Å². The average Bonchev–Trinajstić information content (AvgIpc) is 2.29. The molecule has 1 aromatic carbocycles. The molecule has 0 aliphatic heterocycles. The zero-order valence-corrected chi connectivity index (χ0v) is 9.86. The maximum absolute atomic E-state index is 10.9. The van der Waals surface area contributed by atoms with Gasteiger partial charge in [0, 0.05) is 25.7 Å². The van der Waals surface area contributed by atoms with Gasteiger partial charge in [0.05, 0.1) is 0 Å². The molecule has 3 N–H and O–H groups in total. The van der Waals surface area contributed by atoms with Gasteiger partial charge in [-0.25, -0.2) is 5.84 Å². The maximum Gasteiger partial charge on any atom is 0.233 e. The van der Waals surface area contributed by atoms with Crippen molar-refractivity contribution >= 4 is 11.6 Å². The van der Waals surface area contributed by atoms with Crippen molar-refractivity contribution in [1.29, 1.82) is 0 Å². The van der Waals surface area contributed by atoms with Crippen molar-refractivity contribution in [3.63, 3.8) is 0 Å². The highest BCUT2D eigenvalue weighted by Crippen LogP contribution is 2.17. The van der Waals surface area contributed by atoms with Gasteiger partial charge in [-0.2, -0.15) is 0 Å². The zero-order valence-electron chi connectivity index (χ0n) is 9.86. The highest BCUT2D eigenvalue weighted by Gasteiger charge is 2.04. The van der Waals surface area contributed by atoms with Gasteiger partial charge in [0.25, 0.3) is 0 Å². The van der Waals surface area contributed by atoms with Crippen molar-refractivity contribution in [1.82, 2.24) is 5.43 Å². The molecule has 16 heavy (non-hydrogen) atoms. The first-order valence-electron chi connectivity index (χ1n) is 5.41. The molecule has 1 rings (SSSR count). The summed E-state index contributed by atoms with van der Waals surface area (Å²) < 4.78 is 0. The number of rotatable bonds is 5. The van der Waals surface area contributed by atoms with Crippen LogP contribution < -0.4 is 16.2 Å². The Labute approximate surface area is 96.4 Å². The van der Waals surface area contributed by atoms with Crippen molar-refractivity contribution < 1.29 is 4.79 Å². The van der Waals surface area contributed by atoms with Crippen LogP contribution in [0.4, 0.5) is 5.69 Å².